The monoisotopic (exact) mass is 357 g/mol. The van der Waals surface area contributed by atoms with Crippen LogP contribution in [0.25, 0.3) is 16.5 Å². The zero-order valence-corrected chi connectivity index (χ0v) is 14.3. The molecule has 0 atom stereocenters. The molecule has 0 aromatic heterocycles. The molecule has 2 aromatic carbocycles. The summed E-state index contributed by atoms with van der Waals surface area (Å²) >= 11 is 5.96. The fraction of sp³-hybridized carbons (Fsp3) is 0.167. The Bertz CT molecular complexity index is 830. The van der Waals surface area contributed by atoms with E-state index < -0.39 is 5.97 Å². The van der Waals surface area contributed by atoms with Crippen LogP contribution in [-0.2, 0) is 16.1 Å². The van der Waals surface area contributed by atoms with Crippen LogP contribution in [0.1, 0.15) is 18.1 Å². The highest BCUT2D eigenvalue weighted by atomic mass is 35.5. The Balaban J connectivity index is 2.25. The number of carbonyl (C=O) groups is 1. The standard InChI is InChI=1S/C18H16ClN3O3/c1-2-24-18(23)16(21-22-20)11-14-7-3-4-9-17(14)25-12-13-6-5-8-15(19)10-13/h3-11H,2,12H2,1H3/b16-11-. The van der Waals surface area contributed by atoms with E-state index in [-0.39, 0.29) is 12.3 Å². The molecule has 0 spiro atoms. The fourth-order valence-corrected chi connectivity index (χ4v) is 2.26. The van der Waals surface area contributed by atoms with Crippen molar-refractivity contribution in [2.75, 3.05) is 6.61 Å². The Labute approximate surface area is 150 Å². The van der Waals surface area contributed by atoms with Crippen LogP contribution in [0.4, 0.5) is 0 Å². The van der Waals surface area contributed by atoms with Crippen molar-refractivity contribution in [3.63, 3.8) is 0 Å². The lowest BCUT2D eigenvalue weighted by molar-refractivity contribution is -0.138. The van der Waals surface area contributed by atoms with Crippen LogP contribution in [0.3, 0.4) is 0 Å². The zero-order chi connectivity index (χ0) is 18.1. The highest BCUT2D eigenvalue weighted by molar-refractivity contribution is 6.30. The second-order valence-electron chi connectivity index (χ2n) is 4.90. The average molecular weight is 358 g/mol. The van der Waals surface area contributed by atoms with Gasteiger partial charge in [0.25, 0.3) is 0 Å². The van der Waals surface area contributed by atoms with Gasteiger partial charge < -0.3 is 9.47 Å². The molecule has 2 aromatic rings. The molecule has 0 saturated carbocycles. The van der Waals surface area contributed by atoms with E-state index in [1.807, 2.05) is 24.3 Å². The number of ether oxygens (including phenoxy) is 2. The minimum absolute atomic E-state index is 0.136. The van der Waals surface area contributed by atoms with Gasteiger partial charge in [0.05, 0.1) is 6.61 Å². The second kappa shape index (κ2) is 9.37. The lowest BCUT2D eigenvalue weighted by Gasteiger charge is -2.10. The number of nitrogens with zero attached hydrogens (tertiary/aromatic N) is 3. The van der Waals surface area contributed by atoms with E-state index in [0.29, 0.717) is 22.9 Å². The molecule has 0 saturated heterocycles. The third kappa shape index (κ3) is 5.57. The Morgan fingerprint density at radius 2 is 2.08 bits per heavy atom. The summed E-state index contributed by atoms with van der Waals surface area (Å²) < 4.78 is 10.7. The molecule has 2 rings (SSSR count). The molecule has 0 aliphatic carbocycles. The number of hydrogen-bond acceptors (Lipinski definition) is 4. The Morgan fingerprint density at radius 1 is 1.28 bits per heavy atom. The maximum absolute atomic E-state index is 11.9. The summed E-state index contributed by atoms with van der Waals surface area (Å²) in [5, 5.41) is 4.03. The molecule has 25 heavy (non-hydrogen) atoms. The first kappa shape index (κ1) is 18.4. The summed E-state index contributed by atoms with van der Waals surface area (Å²) in [6, 6.07) is 14.4. The molecular formula is C18H16ClN3O3. The number of halogens is 1. The van der Waals surface area contributed by atoms with Crippen molar-refractivity contribution in [2.45, 2.75) is 13.5 Å². The van der Waals surface area contributed by atoms with E-state index in [1.165, 1.54) is 6.08 Å². The quantitative estimate of drug-likeness (QED) is 0.226. The zero-order valence-electron chi connectivity index (χ0n) is 13.6. The summed E-state index contributed by atoms with van der Waals surface area (Å²) in [7, 11) is 0. The van der Waals surface area contributed by atoms with Gasteiger partial charge in [0.2, 0.25) is 0 Å². The number of azide groups is 1. The van der Waals surface area contributed by atoms with Crippen molar-refractivity contribution in [1.29, 1.82) is 0 Å². The molecule has 0 heterocycles. The minimum atomic E-state index is -0.690. The van der Waals surface area contributed by atoms with Gasteiger partial charge in [-0.15, -0.1) is 0 Å². The van der Waals surface area contributed by atoms with E-state index in [9.17, 15) is 4.79 Å². The molecular weight excluding hydrogens is 342 g/mol. The first-order chi connectivity index (χ1) is 12.1. The number of para-hydroxylation sites is 1. The molecule has 128 valence electrons. The van der Waals surface area contributed by atoms with Crippen molar-refractivity contribution in [3.8, 4) is 5.75 Å². The van der Waals surface area contributed by atoms with Crippen LogP contribution in [0.2, 0.25) is 5.02 Å². The lowest BCUT2D eigenvalue weighted by atomic mass is 10.1. The first-order valence-corrected chi connectivity index (χ1v) is 7.92. The SMILES string of the molecule is CCOC(=O)/C(=C/c1ccccc1OCc1cccc(Cl)c1)N=[N+]=[N-]. The topological polar surface area (TPSA) is 84.3 Å². The highest BCUT2D eigenvalue weighted by Gasteiger charge is 2.10. The van der Waals surface area contributed by atoms with Gasteiger partial charge in [-0.2, -0.15) is 0 Å². The van der Waals surface area contributed by atoms with Crippen molar-refractivity contribution in [1.82, 2.24) is 0 Å². The third-order valence-electron chi connectivity index (χ3n) is 3.13. The van der Waals surface area contributed by atoms with Crippen LogP contribution in [0.5, 0.6) is 5.75 Å². The van der Waals surface area contributed by atoms with Gasteiger partial charge in [0, 0.05) is 15.5 Å². The summed E-state index contributed by atoms with van der Waals surface area (Å²) in [4.78, 5) is 14.5. The van der Waals surface area contributed by atoms with Gasteiger partial charge in [-0.25, -0.2) is 4.79 Å². The average Bonchev–Trinajstić information content (AvgIpc) is 2.61. The molecule has 0 amide bonds. The summed E-state index contributed by atoms with van der Waals surface area (Å²) in [6.07, 6.45) is 1.44. The van der Waals surface area contributed by atoms with E-state index in [1.54, 1.807) is 31.2 Å². The van der Waals surface area contributed by atoms with Crippen LogP contribution < -0.4 is 4.74 Å². The van der Waals surface area contributed by atoms with Crippen molar-refractivity contribution >= 4 is 23.6 Å². The number of hydrogen-bond donors (Lipinski definition) is 0. The van der Waals surface area contributed by atoms with E-state index >= 15 is 0 Å². The molecule has 0 aliphatic rings. The lowest BCUT2D eigenvalue weighted by Crippen LogP contribution is -2.05. The Hall–Kier alpha value is -2.95. The molecule has 0 radical (unpaired) electrons. The van der Waals surface area contributed by atoms with E-state index in [0.717, 1.165) is 5.56 Å². The normalized spacial score (nSPS) is 10.7. The van der Waals surface area contributed by atoms with Crippen molar-refractivity contribution < 1.29 is 14.3 Å². The smallest absolute Gasteiger partial charge is 0.340 e. The van der Waals surface area contributed by atoms with Crippen LogP contribution in [0.15, 0.2) is 59.3 Å². The predicted octanol–water partition coefficient (Wildman–Crippen LogP) is 5.13. The predicted molar refractivity (Wildman–Crippen MR) is 96.0 cm³/mol. The third-order valence-corrected chi connectivity index (χ3v) is 3.37. The van der Waals surface area contributed by atoms with Crippen LogP contribution in [0, 0.1) is 0 Å². The van der Waals surface area contributed by atoms with Gasteiger partial charge in [-0.1, -0.05) is 47.0 Å². The largest absolute Gasteiger partial charge is 0.488 e. The molecule has 0 unspecified atom stereocenters. The van der Waals surface area contributed by atoms with Crippen molar-refractivity contribution in [3.05, 3.63) is 80.8 Å². The van der Waals surface area contributed by atoms with Crippen molar-refractivity contribution in [2.24, 2.45) is 5.11 Å². The van der Waals surface area contributed by atoms with E-state index in [4.69, 9.17) is 26.6 Å². The second-order valence-corrected chi connectivity index (χ2v) is 5.33. The van der Waals surface area contributed by atoms with Gasteiger partial charge in [0.1, 0.15) is 18.1 Å². The van der Waals surface area contributed by atoms with E-state index in [2.05, 4.69) is 10.0 Å². The summed E-state index contributed by atoms with van der Waals surface area (Å²) in [5.74, 6) is -0.151. The number of carbonyl (C=O) groups excluding carboxylic acids is 1. The van der Waals surface area contributed by atoms with Gasteiger partial charge in [-0.3, -0.25) is 0 Å². The molecule has 7 heteroatoms. The maximum Gasteiger partial charge on any atom is 0.340 e. The number of benzene rings is 2. The summed E-state index contributed by atoms with van der Waals surface area (Å²) in [6.45, 7) is 2.17. The minimum Gasteiger partial charge on any atom is -0.488 e. The number of rotatable bonds is 7. The first-order valence-electron chi connectivity index (χ1n) is 7.54. The van der Waals surface area contributed by atoms with Gasteiger partial charge in [-0.05, 0) is 42.3 Å². The Morgan fingerprint density at radius 3 is 2.80 bits per heavy atom. The molecule has 0 aliphatic heterocycles. The summed E-state index contributed by atoms with van der Waals surface area (Å²) in [5.41, 5.74) is 10.0. The molecule has 0 bridgehead atoms. The fourth-order valence-electron chi connectivity index (χ4n) is 2.05. The Kier molecular flexibility index (Phi) is 6.89. The van der Waals surface area contributed by atoms with Gasteiger partial charge in [0.15, 0.2) is 0 Å². The maximum atomic E-state index is 11.9. The van der Waals surface area contributed by atoms with Crippen LogP contribution in [-0.4, -0.2) is 12.6 Å². The number of esters is 1. The molecule has 0 fully saturated rings. The molecule has 0 N–H and O–H groups in total. The van der Waals surface area contributed by atoms with Crippen LogP contribution >= 0.6 is 11.6 Å². The van der Waals surface area contributed by atoms with Gasteiger partial charge >= 0.3 is 5.97 Å². The highest BCUT2D eigenvalue weighted by Crippen LogP contribution is 2.23. The molecule has 6 nitrogen and oxygen atoms in total.